The lowest BCUT2D eigenvalue weighted by Crippen LogP contribution is -2.48. The predicted octanol–water partition coefficient (Wildman–Crippen LogP) is 2.51. The Morgan fingerprint density at radius 3 is 2.76 bits per heavy atom. The first-order valence-electron chi connectivity index (χ1n) is 6.64. The minimum atomic E-state index is -0.979. The molecule has 0 unspecified atom stereocenters. The molecule has 5 heteroatoms. The molecular formula is C16H17NO4. The van der Waals surface area contributed by atoms with Crippen LogP contribution in [0.4, 0.5) is 4.79 Å². The Bertz CT molecular complexity index is 573. The lowest BCUT2D eigenvalue weighted by molar-refractivity contribution is -0.131. The summed E-state index contributed by atoms with van der Waals surface area (Å²) in [5.74, 6) is -0.774. The first-order chi connectivity index (χ1) is 10.1. The zero-order valence-electron chi connectivity index (χ0n) is 11.6. The maximum absolute atomic E-state index is 11.6. The number of ether oxygens (including phenoxy) is 1. The number of carbonyl (C=O) groups is 2. The third-order valence-electron chi connectivity index (χ3n) is 3.31. The number of hydrogen-bond donors (Lipinski definition) is 1. The van der Waals surface area contributed by atoms with E-state index in [2.05, 4.69) is 6.58 Å². The quantitative estimate of drug-likeness (QED) is 0.667. The van der Waals surface area contributed by atoms with Crippen molar-refractivity contribution in [1.82, 2.24) is 4.90 Å². The molecule has 1 aromatic carbocycles. The Labute approximate surface area is 123 Å². The molecule has 1 aliphatic rings. The average molecular weight is 287 g/mol. The van der Waals surface area contributed by atoms with Gasteiger partial charge in [0.2, 0.25) is 0 Å². The normalized spacial score (nSPS) is 14.8. The molecule has 0 atom stereocenters. The second kappa shape index (κ2) is 6.74. The molecule has 0 aromatic heterocycles. The van der Waals surface area contributed by atoms with E-state index in [-0.39, 0.29) is 18.6 Å². The van der Waals surface area contributed by atoms with Gasteiger partial charge in [0.05, 0.1) is 0 Å². The standard InChI is InChI=1S/C16H17NO4/c1-2-9-21-16(20)17-10-13(11-17)14-6-4-3-5-12(14)7-8-15(18)19/h2-8,13H,1,9-11H2,(H,18,19)/b8-7+. The number of carboxylic acid groups (broad SMARTS) is 1. The highest BCUT2D eigenvalue weighted by atomic mass is 16.6. The van der Waals surface area contributed by atoms with Gasteiger partial charge in [-0.1, -0.05) is 36.9 Å². The Hall–Kier alpha value is -2.56. The minimum Gasteiger partial charge on any atom is -0.478 e. The number of nitrogens with zero attached hydrogens (tertiary/aromatic N) is 1. The third kappa shape index (κ3) is 3.72. The van der Waals surface area contributed by atoms with Gasteiger partial charge in [-0.05, 0) is 17.2 Å². The van der Waals surface area contributed by atoms with Crippen LogP contribution >= 0.6 is 0 Å². The second-order valence-electron chi connectivity index (χ2n) is 4.77. The summed E-state index contributed by atoms with van der Waals surface area (Å²) in [7, 11) is 0. The van der Waals surface area contributed by atoms with Crippen molar-refractivity contribution in [3.63, 3.8) is 0 Å². The monoisotopic (exact) mass is 287 g/mol. The molecule has 1 aliphatic heterocycles. The van der Waals surface area contributed by atoms with Gasteiger partial charge in [-0.25, -0.2) is 9.59 Å². The van der Waals surface area contributed by atoms with Crippen molar-refractivity contribution < 1.29 is 19.4 Å². The van der Waals surface area contributed by atoms with Crippen LogP contribution in [0.25, 0.3) is 6.08 Å². The molecule has 2 rings (SSSR count). The van der Waals surface area contributed by atoms with Gasteiger partial charge in [0.1, 0.15) is 6.61 Å². The van der Waals surface area contributed by atoms with E-state index >= 15 is 0 Å². The largest absolute Gasteiger partial charge is 0.478 e. The smallest absolute Gasteiger partial charge is 0.410 e. The van der Waals surface area contributed by atoms with Gasteiger partial charge >= 0.3 is 12.1 Å². The summed E-state index contributed by atoms with van der Waals surface area (Å²) in [5.41, 5.74) is 1.91. The lowest BCUT2D eigenvalue weighted by atomic mass is 9.88. The Morgan fingerprint density at radius 1 is 1.38 bits per heavy atom. The van der Waals surface area contributed by atoms with Crippen molar-refractivity contribution >= 4 is 18.1 Å². The highest BCUT2D eigenvalue weighted by molar-refractivity contribution is 5.85. The molecule has 0 aliphatic carbocycles. The molecule has 0 bridgehead atoms. The number of carbonyl (C=O) groups excluding carboxylic acids is 1. The van der Waals surface area contributed by atoms with E-state index in [4.69, 9.17) is 9.84 Å². The second-order valence-corrected chi connectivity index (χ2v) is 4.77. The van der Waals surface area contributed by atoms with Gasteiger partial charge in [-0.2, -0.15) is 0 Å². The molecule has 1 amide bonds. The molecule has 1 heterocycles. The van der Waals surface area contributed by atoms with Crippen molar-refractivity contribution in [2.24, 2.45) is 0 Å². The number of benzene rings is 1. The molecule has 5 nitrogen and oxygen atoms in total. The summed E-state index contributed by atoms with van der Waals surface area (Å²) in [6, 6.07) is 7.60. The molecule has 0 radical (unpaired) electrons. The van der Waals surface area contributed by atoms with E-state index in [1.807, 2.05) is 24.3 Å². The lowest BCUT2D eigenvalue weighted by Gasteiger charge is -2.39. The maximum Gasteiger partial charge on any atom is 0.410 e. The van der Waals surface area contributed by atoms with Crippen LogP contribution in [0, 0.1) is 0 Å². The topological polar surface area (TPSA) is 66.8 Å². The summed E-state index contributed by atoms with van der Waals surface area (Å²) in [6.45, 7) is 4.85. The highest BCUT2D eigenvalue weighted by Gasteiger charge is 2.33. The van der Waals surface area contributed by atoms with Crippen molar-refractivity contribution in [3.8, 4) is 0 Å². The predicted molar refractivity (Wildman–Crippen MR) is 79.0 cm³/mol. The van der Waals surface area contributed by atoms with E-state index < -0.39 is 5.97 Å². The fraction of sp³-hybridized carbons (Fsp3) is 0.250. The van der Waals surface area contributed by atoms with Gasteiger partial charge in [-0.15, -0.1) is 0 Å². The maximum atomic E-state index is 11.6. The molecule has 21 heavy (non-hydrogen) atoms. The first-order valence-corrected chi connectivity index (χ1v) is 6.64. The number of hydrogen-bond acceptors (Lipinski definition) is 3. The van der Waals surface area contributed by atoms with E-state index in [0.29, 0.717) is 13.1 Å². The number of carboxylic acids is 1. The van der Waals surface area contributed by atoms with E-state index in [1.54, 1.807) is 11.0 Å². The zero-order valence-corrected chi connectivity index (χ0v) is 11.6. The Morgan fingerprint density at radius 2 is 2.10 bits per heavy atom. The summed E-state index contributed by atoms with van der Waals surface area (Å²) < 4.78 is 4.97. The molecule has 110 valence electrons. The van der Waals surface area contributed by atoms with Crippen molar-refractivity contribution in [2.75, 3.05) is 19.7 Å². The molecule has 1 N–H and O–H groups in total. The molecule has 1 fully saturated rings. The van der Waals surface area contributed by atoms with Gasteiger partial charge < -0.3 is 14.7 Å². The van der Waals surface area contributed by atoms with Crippen LogP contribution in [0.3, 0.4) is 0 Å². The highest BCUT2D eigenvalue weighted by Crippen LogP contribution is 2.30. The molecule has 0 spiro atoms. The SMILES string of the molecule is C=CCOC(=O)N1CC(c2ccccc2/C=C/C(=O)O)C1. The van der Waals surface area contributed by atoms with Gasteiger partial charge in [0, 0.05) is 25.1 Å². The van der Waals surface area contributed by atoms with Gasteiger partial charge in [0.25, 0.3) is 0 Å². The van der Waals surface area contributed by atoms with Crippen LogP contribution in [0.2, 0.25) is 0 Å². The molecule has 1 aromatic rings. The zero-order chi connectivity index (χ0) is 15.2. The van der Waals surface area contributed by atoms with E-state index in [9.17, 15) is 9.59 Å². The van der Waals surface area contributed by atoms with E-state index in [1.165, 1.54) is 6.08 Å². The van der Waals surface area contributed by atoms with Crippen molar-refractivity contribution in [3.05, 3.63) is 54.1 Å². The number of rotatable bonds is 5. The van der Waals surface area contributed by atoms with Crippen LogP contribution in [0.15, 0.2) is 43.0 Å². The summed E-state index contributed by atoms with van der Waals surface area (Å²) in [4.78, 5) is 23.9. The van der Waals surface area contributed by atoms with Crippen LogP contribution < -0.4 is 0 Å². The average Bonchev–Trinajstić information content (AvgIpc) is 2.42. The molecular weight excluding hydrogens is 270 g/mol. The van der Waals surface area contributed by atoms with Crippen LogP contribution in [-0.4, -0.2) is 41.8 Å². The number of aliphatic carboxylic acids is 1. The summed E-state index contributed by atoms with van der Waals surface area (Å²) in [5, 5.41) is 8.71. The van der Waals surface area contributed by atoms with Crippen LogP contribution in [0.5, 0.6) is 0 Å². The fourth-order valence-corrected chi connectivity index (χ4v) is 2.24. The Kier molecular flexibility index (Phi) is 4.77. The van der Waals surface area contributed by atoms with Crippen molar-refractivity contribution in [1.29, 1.82) is 0 Å². The fourth-order valence-electron chi connectivity index (χ4n) is 2.24. The molecule has 0 saturated carbocycles. The van der Waals surface area contributed by atoms with Gasteiger partial charge in [-0.3, -0.25) is 0 Å². The minimum absolute atomic E-state index is 0.205. The number of amides is 1. The first kappa shape index (κ1) is 14.8. The van der Waals surface area contributed by atoms with Gasteiger partial charge in [0.15, 0.2) is 0 Å². The number of likely N-dealkylation sites (tertiary alicyclic amines) is 1. The van der Waals surface area contributed by atoms with Crippen LogP contribution in [-0.2, 0) is 9.53 Å². The Balaban J connectivity index is 2.00. The van der Waals surface area contributed by atoms with E-state index in [0.717, 1.165) is 17.2 Å². The molecule has 1 saturated heterocycles. The third-order valence-corrected chi connectivity index (χ3v) is 3.31. The van der Waals surface area contributed by atoms with Crippen molar-refractivity contribution in [2.45, 2.75) is 5.92 Å². The van der Waals surface area contributed by atoms with Crippen LogP contribution in [0.1, 0.15) is 17.0 Å². The summed E-state index contributed by atoms with van der Waals surface area (Å²) >= 11 is 0. The summed E-state index contributed by atoms with van der Waals surface area (Å²) in [6.07, 6.45) is 3.88.